The van der Waals surface area contributed by atoms with E-state index in [0.717, 1.165) is 74.7 Å². The highest BCUT2D eigenvalue weighted by Crippen LogP contribution is 2.31. The van der Waals surface area contributed by atoms with Gasteiger partial charge in [-0.25, -0.2) is 4.98 Å². The summed E-state index contributed by atoms with van der Waals surface area (Å²) in [5, 5.41) is 0. The van der Waals surface area contributed by atoms with Gasteiger partial charge in [0, 0.05) is 63.7 Å². The van der Waals surface area contributed by atoms with Gasteiger partial charge < -0.3 is 14.6 Å². The molecule has 0 radical (unpaired) electrons. The van der Waals surface area contributed by atoms with Crippen molar-refractivity contribution in [2.24, 2.45) is 11.8 Å². The van der Waals surface area contributed by atoms with Crippen molar-refractivity contribution < 1.29 is 9.53 Å². The van der Waals surface area contributed by atoms with Crippen LogP contribution in [0, 0.1) is 11.8 Å². The number of nitrogens with one attached hydrogen (secondary N) is 1. The van der Waals surface area contributed by atoms with Crippen LogP contribution in [-0.4, -0.2) is 64.6 Å². The SMILES string of the molecule is CC1CCC(N2CCc3nc(C4CCCN(C(=O)C5CCOCC5)C4)[nH]c(=O)c3C2)CC1. The van der Waals surface area contributed by atoms with E-state index in [1.165, 1.54) is 25.7 Å². The summed E-state index contributed by atoms with van der Waals surface area (Å²) in [6.07, 6.45) is 9.54. The molecule has 1 aliphatic carbocycles. The predicted octanol–water partition coefficient (Wildman–Crippen LogP) is 2.84. The third kappa shape index (κ3) is 4.65. The Kier molecular flexibility index (Phi) is 6.65. The number of hydrogen-bond acceptors (Lipinski definition) is 5. The second kappa shape index (κ2) is 9.64. The summed E-state index contributed by atoms with van der Waals surface area (Å²) in [6, 6.07) is 0.613. The maximum Gasteiger partial charge on any atom is 0.255 e. The van der Waals surface area contributed by atoms with Gasteiger partial charge in [0.15, 0.2) is 0 Å². The van der Waals surface area contributed by atoms with Gasteiger partial charge in [0.2, 0.25) is 5.91 Å². The summed E-state index contributed by atoms with van der Waals surface area (Å²) in [4.78, 5) is 38.7. The second-order valence-electron chi connectivity index (χ2n) is 10.5. The fourth-order valence-corrected chi connectivity index (χ4v) is 6.18. The van der Waals surface area contributed by atoms with Crippen LogP contribution in [-0.2, 0) is 22.5 Å². The quantitative estimate of drug-likeness (QED) is 0.779. The van der Waals surface area contributed by atoms with Gasteiger partial charge in [0.25, 0.3) is 5.56 Å². The first-order valence-corrected chi connectivity index (χ1v) is 12.8. The summed E-state index contributed by atoms with van der Waals surface area (Å²) < 4.78 is 5.42. The molecule has 32 heavy (non-hydrogen) atoms. The van der Waals surface area contributed by atoms with Crippen molar-refractivity contribution >= 4 is 5.91 Å². The van der Waals surface area contributed by atoms with Gasteiger partial charge in [-0.3, -0.25) is 14.5 Å². The van der Waals surface area contributed by atoms with Crippen molar-refractivity contribution in [2.45, 2.75) is 83.2 Å². The van der Waals surface area contributed by atoms with Crippen molar-refractivity contribution in [3.63, 3.8) is 0 Å². The number of carbonyl (C=O) groups is 1. The van der Waals surface area contributed by atoms with Gasteiger partial charge in [-0.05, 0) is 57.3 Å². The zero-order valence-electron chi connectivity index (χ0n) is 19.5. The number of likely N-dealkylation sites (tertiary alicyclic amines) is 1. The Morgan fingerprint density at radius 1 is 1.06 bits per heavy atom. The minimum absolute atomic E-state index is 0.0340. The number of aromatic nitrogens is 2. The molecule has 3 aliphatic heterocycles. The molecule has 1 unspecified atom stereocenters. The van der Waals surface area contributed by atoms with Crippen LogP contribution in [0.2, 0.25) is 0 Å². The van der Waals surface area contributed by atoms with E-state index >= 15 is 0 Å². The van der Waals surface area contributed by atoms with Crippen molar-refractivity contribution in [3.8, 4) is 0 Å². The summed E-state index contributed by atoms with van der Waals surface area (Å²) in [7, 11) is 0. The second-order valence-corrected chi connectivity index (χ2v) is 10.5. The van der Waals surface area contributed by atoms with E-state index in [1.807, 2.05) is 4.90 Å². The van der Waals surface area contributed by atoms with Crippen LogP contribution >= 0.6 is 0 Å². The summed E-state index contributed by atoms with van der Waals surface area (Å²) in [5.74, 6) is 2.11. The fourth-order valence-electron chi connectivity index (χ4n) is 6.18. The number of H-pyrrole nitrogens is 1. The Balaban J connectivity index is 1.27. The largest absolute Gasteiger partial charge is 0.381 e. The smallest absolute Gasteiger partial charge is 0.255 e. The molecule has 1 N–H and O–H groups in total. The molecule has 5 rings (SSSR count). The molecule has 1 atom stereocenters. The molecule has 1 aromatic rings. The average molecular weight is 443 g/mol. The van der Waals surface area contributed by atoms with Crippen LogP contribution in [0.25, 0.3) is 0 Å². The van der Waals surface area contributed by atoms with E-state index in [2.05, 4.69) is 16.8 Å². The Morgan fingerprint density at radius 2 is 1.84 bits per heavy atom. The molecule has 0 aromatic carbocycles. The third-order valence-corrected chi connectivity index (χ3v) is 8.31. The standard InChI is InChI=1S/C25H38N4O3/c1-17-4-6-20(7-5-17)28-12-8-22-21(16-28)24(30)27-23(26-22)19-3-2-11-29(15-19)25(31)18-9-13-32-14-10-18/h17-20H,2-16H2,1H3,(H,26,27,30). The molecule has 4 aliphatic rings. The molecule has 4 heterocycles. The van der Waals surface area contributed by atoms with Crippen LogP contribution in [0.15, 0.2) is 4.79 Å². The van der Waals surface area contributed by atoms with Gasteiger partial charge in [0.1, 0.15) is 5.82 Å². The van der Waals surface area contributed by atoms with Gasteiger partial charge in [-0.1, -0.05) is 6.92 Å². The van der Waals surface area contributed by atoms with Gasteiger partial charge in [0.05, 0.1) is 11.3 Å². The number of amides is 1. The molecule has 176 valence electrons. The topological polar surface area (TPSA) is 78.5 Å². The Bertz CT molecular complexity index is 870. The number of piperidine rings is 1. The van der Waals surface area contributed by atoms with Gasteiger partial charge in [-0.2, -0.15) is 0 Å². The molecule has 7 nitrogen and oxygen atoms in total. The van der Waals surface area contributed by atoms with Crippen molar-refractivity contribution in [2.75, 3.05) is 32.8 Å². The van der Waals surface area contributed by atoms with Crippen molar-refractivity contribution in [1.29, 1.82) is 0 Å². The monoisotopic (exact) mass is 442 g/mol. The number of fused-ring (bicyclic) bond motifs is 1. The minimum Gasteiger partial charge on any atom is -0.381 e. The number of carbonyl (C=O) groups excluding carboxylic acids is 1. The normalized spacial score (nSPS) is 30.2. The highest BCUT2D eigenvalue weighted by Gasteiger charge is 2.33. The van der Waals surface area contributed by atoms with E-state index in [1.54, 1.807) is 0 Å². The molecule has 7 heteroatoms. The predicted molar refractivity (Wildman–Crippen MR) is 122 cm³/mol. The highest BCUT2D eigenvalue weighted by molar-refractivity contribution is 5.79. The summed E-state index contributed by atoms with van der Waals surface area (Å²) in [6.45, 7) is 6.94. The number of nitrogens with zero attached hydrogens (tertiary/aromatic N) is 3. The number of ether oxygens (including phenoxy) is 1. The van der Waals surface area contributed by atoms with E-state index < -0.39 is 0 Å². The van der Waals surface area contributed by atoms with Crippen molar-refractivity contribution in [3.05, 3.63) is 27.4 Å². The maximum absolute atomic E-state index is 13.1. The lowest BCUT2D eigenvalue weighted by molar-refractivity contribution is -0.139. The third-order valence-electron chi connectivity index (χ3n) is 8.31. The Hall–Kier alpha value is -1.73. The first-order valence-electron chi connectivity index (χ1n) is 12.8. The number of rotatable bonds is 3. The maximum atomic E-state index is 13.1. The molecular weight excluding hydrogens is 404 g/mol. The highest BCUT2D eigenvalue weighted by atomic mass is 16.5. The van der Waals surface area contributed by atoms with Gasteiger partial charge >= 0.3 is 0 Å². The lowest BCUT2D eigenvalue weighted by Gasteiger charge is -2.39. The van der Waals surface area contributed by atoms with Crippen LogP contribution in [0.1, 0.15) is 81.3 Å². The Labute approximate surface area is 190 Å². The zero-order chi connectivity index (χ0) is 22.1. The molecule has 0 bridgehead atoms. The van der Waals surface area contributed by atoms with Crippen LogP contribution in [0.5, 0.6) is 0 Å². The molecule has 1 amide bonds. The minimum atomic E-state index is 0.0340. The molecule has 1 aromatic heterocycles. The van der Waals surface area contributed by atoms with Crippen LogP contribution in [0.4, 0.5) is 0 Å². The lowest BCUT2D eigenvalue weighted by Crippen LogP contribution is -2.45. The first kappa shape index (κ1) is 22.1. The van der Waals surface area contributed by atoms with Crippen LogP contribution in [0.3, 0.4) is 0 Å². The number of hydrogen-bond donors (Lipinski definition) is 1. The Morgan fingerprint density at radius 3 is 2.62 bits per heavy atom. The number of aromatic amines is 1. The summed E-state index contributed by atoms with van der Waals surface area (Å²) >= 11 is 0. The lowest BCUT2D eigenvalue weighted by atomic mass is 9.86. The average Bonchev–Trinajstić information content (AvgIpc) is 2.84. The van der Waals surface area contributed by atoms with E-state index in [0.29, 0.717) is 25.8 Å². The fraction of sp³-hybridized carbons (Fsp3) is 0.800. The van der Waals surface area contributed by atoms with E-state index in [4.69, 9.17) is 9.72 Å². The zero-order valence-corrected chi connectivity index (χ0v) is 19.5. The molecule has 3 fully saturated rings. The van der Waals surface area contributed by atoms with Crippen LogP contribution < -0.4 is 5.56 Å². The molecule has 0 spiro atoms. The first-order chi connectivity index (χ1) is 15.6. The van der Waals surface area contributed by atoms with E-state index in [-0.39, 0.29) is 23.3 Å². The summed E-state index contributed by atoms with van der Waals surface area (Å²) in [5.41, 5.74) is 1.88. The van der Waals surface area contributed by atoms with Crippen molar-refractivity contribution in [1.82, 2.24) is 19.8 Å². The molecule has 2 saturated heterocycles. The molecule has 1 saturated carbocycles. The molecular formula is C25H38N4O3. The van der Waals surface area contributed by atoms with E-state index in [9.17, 15) is 9.59 Å². The van der Waals surface area contributed by atoms with Gasteiger partial charge in [-0.15, -0.1) is 0 Å².